The largest absolute Gasteiger partial charge is 0.490 e. The molecule has 0 spiro atoms. The molecule has 2 aromatic carbocycles. The molecule has 1 aliphatic carbocycles. The predicted octanol–water partition coefficient (Wildman–Crippen LogP) is 3.70. The summed E-state index contributed by atoms with van der Waals surface area (Å²) in [6, 6.07) is 8.26. The molecule has 2 amide bonds. The van der Waals surface area contributed by atoms with Crippen molar-refractivity contribution < 1.29 is 36.3 Å². The zero-order chi connectivity index (χ0) is 25.3. The Morgan fingerprint density at radius 2 is 1.94 bits per heavy atom. The number of ether oxygens (including phenoxy) is 2. The van der Waals surface area contributed by atoms with Crippen molar-refractivity contribution in [2.24, 2.45) is 0 Å². The summed E-state index contributed by atoms with van der Waals surface area (Å²) in [6.07, 6.45) is 3.43. The number of nitrogens with one attached hydrogen (secondary N) is 1. The van der Waals surface area contributed by atoms with Gasteiger partial charge >= 0.3 is 6.61 Å². The lowest BCUT2D eigenvalue weighted by Crippen LogP contribution is -2.34. The summed E-state index contributed by atoms with van der Waals surface area (Å²) in [4.78, 5) is 27.2. The van der Waals surface area contributed by atoms with Gasteiger partial charge in [-0.15, -0.1) is 0 Å². The molecule has 0 bridgehead atoms. The standard InChI is InChI=1S/C24H24F2N2O6S/c1-3-33-20-11-15(9-10-19(20)34-24(25)26)18(13-35(2,31)32)28-12-16-5-4-6-17(21(16)23(28)30)27-22(29)14-7-8-14/h4-7,9-11,18,24H,3,8,12-13H2,1-2H3,(H,27,29). The lowest BCUT2D eigenvalue weighted by Gasteiger charge is -2.28. The Balaban J connectivity index is 1.71. The summed E-state index contributed by atoms with van der Waals surface area (Å²) in [6.45, 7) is -1.13. The third-order valence-corrected chi connectivity index (χ3v) is 6.54. The van der Waals surface area contributed by atoms with Crippen LogP contribution in [0.1, 0.15) is 40.9 Å². The summed E-state index contributed by atoms with van der Waals surface area (Å²) >= 11 is 0. The average molecular weight is 507 g/mol. The molecule has 186 valence electrons. The van der Waals surface area contributed by atoms with Gasteiger partial charge in [-0.2, -0.15) is 8.78 Å². The summed E-state index contributed by atoms with van der Waals surface area (Å²) in [5.74, 6) is -1.31. The fourth-order valence-corrected chi connectivity index (χ4v) is 4.97. The SMILES string of the molecule is CCOc1cc(C(CS(C)(=O)=O)N2Cc3cccc(NC(=O)C4=CC4)c3C2=O)ccc1OC(F)F. The number of carbonyl (C=O) groups is 2. The topological polar surface area (TPSA) is 102 Å². The van der Waals surface area contributed by atoms with Crippen LogP contribution < -0.4 is 14.8 Å². The molecule has 1 heterocycles. The quantitative estimate of drug-likeness (QED) is 0.527. The number of hydrogen-bond donors (Lipinski definition) is 1. The van der Waals surface area contributed by atoms with E-state index in [1.165, 1.54) is 23.1 Å². The van der Waals surface area contributed by atoms with Crippen LogP contribution in [-0.2, 0) is 21.2 Å². The van der Waals surface area contributed by atoms with Crippen LogP contribution in [0.25, 0.3) is 0 Å². The van der Waals surface area contributed by atoms with Gasteiger partial charge in [-0.3, -0.25) is 9.59 Å². The van der Waals surface area contributed by atoms with Crippen LogP contribution in [0.3, 0.4) is 0 Å². The van der Waals surface area contributed by atoms with Crippen LogP contribution in [0.2, 0.25) is 0 Å². The summed E-state index contributed by atoms with van der Waals surface area (Å²) in [7, 11) is -3.57. The number of benzene rings is 2. The van der Waals surface area contributed by atoms with Gasteiger partial charge in [0.15, 0.2) is 11.5 Å². The maximum Gasteiger partial charge on any atom is 0.387 e. The number of carbonyl (C=O) groups excluding carboxylic acids is 2. The summed E-state index contributed by atoms with van der Waals surface area (Å²) in [5, 5.41) is 2.75. The number of anilines is 1. The highest BCUT2D eigenvalue weighted by Crippen LogP contribution is 2.39. The number of amides is 2. The molecule has 1 unspecified atom stereocenters. The number of hydrogen-bond acceptors (Lipinski definition) is 6. The molecule has 1 N–H and O–H groups in total. The third-order valence-electron chi connectivity index (χ3n) is 5.62. The first-order valence-corrected chi connectivity index (χ1v) is 13.0. The highest BCUT2D eigenvalue weighted by molar-refractivity contribution is 7.90. The van der Waals surface area contributed by atoms with Gasteiger partial charge in [0.25, 0.3) is 11.8 Å². The molecule has 0 saturated carbocycles. The molecule has 1 aliphatic heterocycles. The van der Waals surface area contributed by atoms with Crippen molar-refractivity contribution in [2.75, 3.05) is 23.9 Å². The number of rotatable bonds is 10. The number of nitrogens with zero attached hydrogens (tertiary/aromatic N) is 1. The van der Waals surface area contributed by atoms with Crippen molar-refractivity contribution in [3.8, 4) is 11.5 Å². The first-order chi connectivity index (χ1) is 16.6. The van der Waals surface area contributed by atoms with Crippen LogP contribution in [0, 0.1) is 0 Å². The van der Waals surface area contributed by atoms with E-state index in [0.29, 0.717) is 34.4 Å². The van der Waals surface area contributed by atoms with Crippen molar-refractivity contribution in [2.45, 2.75) is 32.5 Å². The van der Waals surface area contributed by atoms with Gasteiger partial charge in [0.05, 0.1) is 29.7 Å². The second-order valence-electron chi connectivity index (χ2n) is 8.29. The second kappa shape index (κ2) is 9.65. The van der Waals surface area contributed by atoms with Crippen LogP contribution in [0.4, 0.5) is 14.5 Å². The van der Waals surface area contributed by atoms with E-state index in [1.54, 1.807) is 31.2 Å². The zero-order valence-corrected chi connectivity index (χ0v) is 19.9. The normalized spacial score (nSPS) is 15.5. The van der Waals surface area contributed by atoms with E-state index < -0.39 is 34.2 Å². The second-order valence-corrected chi connectivity index (χ2v) is 10.5. The summed E-state index contributed by atoms with van der Waals surface area (Å²) < 4.78 is 60.2. The van der Waals surface area contributed by atoms with Crippen LogP contribution in [-0.4, -0.2) is 50.4 Å². The fourth-order valence-electron chi connectivity index (χ4n) is 4.02. The maximum absolute atomic E-state index is 13.5. The number of fused-ring (bicyclic) bond motifs is 1. The van der Waals surface area contributed by atoms with Crippen molar-refractivity contribution in [3.05, 3.63) is 64.7 Å². The van der Waals surface area contributed by atoms with Crippen molar-refractivity contribution in [1.29, 1.82) is 0 Å². The highest BCUT2D eigenvalue weighted by Gasteiger charge is 2.37. The van der Waals surface area contributed by atoms with Crippen molar-refractivity contribution in [1.82, 2.24) is 4.90 Å². The van der Waals surface area contributed by atoms with E-state index in [2.05, 4.69) is 10.1 Å². The molecule has 11 heteroatoms. The molecule has 2 aliphatic rings. The van der Waals surface area contributed by atoms with E-state index in [9.17, 15) is 26.8 Å². The molecular formula is C24H24F2N2O6S. The minimum absolute atomic E-state index is 0.0126. The molecule has 1 atom stereocenters. The highest BCUT2D eigenvalue weighted by atomic mass is 32.2. The number of sulfone groups is 1. The average Bonchev–Trinajstić information content (AvgIpc) is 3.57. The smallest absolute Gasteiger partial charge is 0.387 e. The van der Waals surface area contributed by atoms with Gasteiger partial charge in [-0.25, -0.2) is 8.42 Å². The van der Waals surface area contributed by atoms with Gasteiger partial charge in [0, 0.05) is 18.4 Å². The number of halogens is 2. The Morgan fingerprint density at radius 3 is 2.57 bits per heavy atom. The van der Waals surface area contributed by atoms with Crippen LogP contribution in [0.15, 0.2) is 48.0 Å². The monoisotopic (exact) mass is 506 g/mol. The predicted molar refractivity (Wildman–Crippen MR) is 124 cm³/mol. The van der Waals surface area contributed by atoms with Gasteiger partial charge < -0.3 is 19.7 Å². The molecule has 2 aromatic rings. The fraction of sp³-hybridized carbons (Fsp3) is 0.333. The first kappa shape index (κ1) is 24.6. The van der Waals surface area contributed by atoms with Gasteiger partial charge in [0.2, 0.25) is 0 Å². The van der Waals surface area contributed by atoms with Crippen molar-refractivity contribution in [3.63, 3.8) is 0 Å². The Labute approximate surface area is 201 Å². The van der Waals surface area contributed by atoms with E-state index in [0.717, 1.165) is 6.26 Å². The minimum Gasteiger partial charge on any atom is -0.490 e. The molecular weight excluding hydrogens is 482 g/mol. The van der Waals surface area contributed by atoms with Crippen LogP contribution in [0.5, 0.6) is 11.5 Å². The van der Waals surface area contributed by atoms with Gasteiger partial charge in [-0.1, -0.05) is 24.3 Å². The van der Waals surface area contributed by atoms with Gasteiger partial charge in [0.1, 0.15) is 9.84 Å². The Kier molecular flexibility index (Phi) is 6.79. The molecule has 8 nitrogen and oxygen atoms in total. The van der Waals surface area contributed by atoms with E-state index in [-0.39, 0.29) is 30.6 Å². The minimum atomic E-state index is -3.57. The third kappa shape index (κ3) is 5.61. The molecule has 0 saturated heterocycles. The first-order valence-electron chi connectivity index (χ1n) is 10.9. The van der Waals surface area contributed by atoms with E-state index in [1.807, 2.05) is 0 Å². The Hall–Kier alpha value is -3.47. The number of alkyl halides is 2. The maximum atomic E-state index is 13.5. The Morgan fingerprint density at radius 1 is 1.20 bits per heavy atom. The molecule has 0 radical (unpaired) electrons. The van der Waals surface area contributed by atoms with Crippen molar-refractivity contribution >= 4 is 27.3 Å². The zero-order valence-electron chi connectivity index (χ0n) is 19.1. The van der Waals surface area contributed by atoms with Gasteiger partial charge in [-0.05, 0) is 42.7 Å². The van der Waals surface area contributed by atoms with Crippen LogP contribution >= 0.6 is 0 Å². The lowest BCUT2D eigenvalue weighted by atomic mass is 10.1. The molecule has 0 aromatic heterocycles. The van der Waals surface area contributed by atoms with E-state index >= 15 is 0 Å². The molecule has 35 heavy (non-hydrogen) atoms. The number of allylic oxidation sites excluding steroid dienone is 1. The van der Waals surface area contributed by atoms with E-state index in [4.69, 9.17) is 4.74 Å². The Bertz CT molecular complexity index is 1310. The molecule has 0 fully saturated rings. The lowest BCUT2D eigenvalue weighted by molar-refractivity contribution is -0.112. The molecule has 4 rings (SSSR count). The summed E-state index contributed by atoms with van der Waals surface area (Å²) in [5.41, 5.74) is 2.30.